The Kier molecular flexibility index (Phi) is 2.54. The fourth-order valence-electron chi connectivity index (χ4n) is 1.14. The topological polar surface area (TPSA) is 26.0 Å². The molecule has 0 amide bonds. The van der Waals surface area contributed by atoms with Gasteiger partial charge in [-0.1, -0.05) is 0 Å². The first kappa shape index (κ1) is 9.64. The Hall–Kier alpha value is -0.910. The van der Waals surface area contributed by atoms with Gasteiger partial charge in [0.15, 0.2) is 0 Å². The fourth-order valence-corrected chi connectivity index (χ4v) is 1.85. The highest BCUT2D eigenvalue weighted by molar-refractivity contribution is 14.1. The van der Waals surface area contributed by atoms with Crippen molar-refractivity contribution in [2.24, 2.45) is 0 Å². The van der Waals surface area contributed by atoms with Gasteiger partial charge in [-0.05, 0) is 47.7 Å². The number of aromatic nitrogens is 1. The first-order valence-electron chi connectivity index (χ1n) is 4.04. The Balaban J connectivity index is 2.52. The molecule has 0 unspecified atom stereocenters. The molecule has 2 nitrogen and oxygen atoms in total. The zero-order valence-electron chi connectivity index (χ0n) is 7.42. The second-order valence-electron chi connectivity index (χ2n) is 2.90. The number of benzene rings is 1. The largest absolute Gasteiger partial charge is 0.441 e. The summed E-state index contributed by atoms with van der Waals surface area (Å²) >= 11 is 2.06. The first-order chi connectivity index (χ1) is 6.66. The molecule has 2 aromatic rings. The molecule has 0 aliphatic rings. The van der Waals surface area contributed by atoms with Crippen LogP contribution in [0.25, 0.3) is 11.5 Å². The van der Waals surface area contributed by atoms with Crippen LogP contribution in [0, 0.1) is 16.3 Å². The van der Waals surface area contributed by atoms with Crippen LogP contribution in [0.3, 0.4) is 0 Å². The predicted molar refractivity (Wildman–Crippen MR) is 59.4 cm³/mol. The number of hydrogen-bond donors (Lipinski definition) is 0. The van der Waals surface area contributed by atoms with Crippen molar-refractivity contribution in [3.05, 3.63) is 39.5 Å². The van der Waals surface area contributed by atoms with Crippen LogP contribution in [-0.4, -0.2) is 4.98 Å². The highest BCUT2D eigenvalue weighted by Gasteiger charge is 2.08. The van der Waals surface area contributed by atoms with Crippen molar-refractivity contribution >= 4 is 22.6 Å². The van der Waals surface area contributed by atoms with Gasteiger partial charge in [-0.2, -0.15) is 0 Å². The fraction of sp³-hybridized carbons (Fsp3) is 0.100. The van der Waals surface area contributed by atoms with E-state index in [1.165, 1.54) is 12.1 Å². The molecule has 72 valence electrons. The van der Waals surface area contributed by atoms with Crippen LogP contribution in [0.5, 0.6) is 0 Å². The van der Waals surface area contributed by atoms with E-state index >= 15 is 0 Å². The number of oxazole rings is 1. The van der Waals surface area contributed by atoms with Gasteiger partial charge in [0.05, 0.1) is 11.8 Å². The summed E-state index contributed by atoms with van der Waals surface area (Å²) in [5, 5.41) is 0. The molecule has 0 spiro atoms. The van der Waals surface area contributed by atoms with Crippen molar-refractivity contribution in [1.82, 2.24) is 4.98 Å². The van der Waals surface area contributed by atoms with Crippen molar-refractivity contribution in [2.75, 3.05) is 0 Å². The van der Waals surface area contributed by atoms with Gasteiger partial charge in [0.25, 0.3) is 0 Å². The lowest BCUT2D eigenvalue weighted by Crippen LogP contribution is -1.84. The van der Waals surface area contributed by atoms with E-state index in [0.717, 1.165) is 14.9 Å². The lowest BCUT2D eigenvalue weighted by Gasteiger charge is -1.98. The van der Waals surface area contributed by atoms with E-state index < -0.39 is 0 Å². The molecule has 1 heterocycles. The lowest BCUT2D eigenvalue weighted by atomic mass is 10.2. The van der Waals surface area contributed by atoms with Crippen LogP contribution in [0.2, 0.25) is 0 Å². The molecule has 4 heteroatoms. The van der Waals surface area contributed by atoms with Crippen LogP contribution in [0.1, 0.15) is 5.76 Å². The van der Waals surface area contributed by atoms with Crippen molar-refractivity contribution in [1.29, 1.82) is 0 Å². The summed E-state index contributed by atoms with van der Waals surface area (Å²) < 4.78 is 19.0. The van der Waals surface area contributed by atoms with E-state index in [1.54, 1.807) is 12.3 Å². The van der Waals surface area contributed by atoms with Crippen LogP contribution in [0.4, 0.5) is 4.39 Å². The van der Waals surface area contributed by atoms with Crippen LogP contribution in [0.15, 0.2) is 28.8 Å². The van der Waals surface area contributed by atoms with Gasteiger partial charge < -0.3 is 4.42 Å². The number of aryl methyl sites for hydroxylation is 1. The quantitative estimate of drug-likeness (QED) is 0.755. The summed E-state index contributed by atoms with van der Waals surface area (Å²) in [5.74, 6) is 1.04. The standard InChI is InChI=1S/C10H7FINO/c1-6-5-13-10(14-6)8-3-2-7(11)4-9(8)12/h2-5H,1H3. The van der Waals surface area contributed by atoms with Crippen molar-refractivity contribution in [3.8, 4) is 11.5 Å². The Morgan fingerprint density at radius 1 is 1.43 bits per heavy atom. The summed E-state index contributed by atoms with van der Waals surface area (Å²) in [5.41, 5.74) is 0.820. The smallest absolute Gasteiger partial charge is 0.227 e. The summed E-state index contributed by atoms with van der Waals surface area (Å²) in [6.07, 6.45) is 1.65. The Labute approximate surface area is 94.3 Å². The van der Waals surface area contributed by atoms with Gasteiger partial charge in [0.2, 0.25) is 5.89 Å². The summed E-state index contributed by atoms with van der Waals surface area (Å²) in [6.45, 7) is 1.83. The number of hydrogen-bond acceptors (Lipinski definition) is 2. The number of nitrogens with zero attached hydrogens (tertiary/aromatic N) is 1. The third-order valence-electron chi connectivity index (χ3n) is 1.78. The second-order valence-corrected chi connectivity index (χ2v) is 4.06. The molecular formula is C10H7FINO. The van der Waals surface area contributed by atoms with Gasteiger partial charge in [-0.15, -0.1) is 0 Å². The third-order valence-corrected chi connectivity index (χ3v) is 2.68. The molecule has 0 aliphatic heterocycles. The molecule has 14 heavy (non-hydrogen) atoms. The van der Waals surface area contributed by atoms with Gasteiger partial charge in [-0.25, -0.2) is 9.37 Å². The molecule has 1 aromatic heterocycles. The molecule has 0 saturated carbocycles. The monoisotopic (exact) mass is 303 g/mol. The average Bonchev–Trinajstić information content (AvgIpc) is 2.51. The highest BCUT2D eigenvalue weighted by Crippen LogP contribution is 2.25. The minimum Gasteiger partial charge on any atom is -0.441 e. The summed E-state index contributed by atoms with van der Waals surface area (Å²) in [6, 6.07) is 4.52. The molecule has 0 atom stereocenters. The van der Waals surface area contributed by atoms with Gasteiger partial charge in [-0.3, -0.25) is 0 Å². The van der Waals surface area contributed by atoms with Crippen LogP contribution >= 0.6 is 22.6 Å². The second kappa shape index (κ2) is 3.68. The van der Waals surface area contributed by atoms with Gasteiger partial charge in [0.1, 0.15) is 11.6 Å². The molecule has 0 N–H and O–H groups in total. The molecule has 0 fully saturated rings. The van der Waals surface area contributed by atoms with Crippen LogP contribution in [-0.2, 0) is 0 Å². The average molecular weight is 303 g/mol. The maximum absolute atomic E-state index is 12.8. The van der Waals surface area contributed by atoms with E-state index in [-0.39, 0.29) is 5.82 Å². The third kappa shape index (κ3) is 1.79. The van der Waals surface area contributed by atoms with Crippen molar-refractivity contribution in [3.63, 3.8) is 0 Å². The minimum atomic E-state index is -0.249. The zero-order valence-corrected chi connectivity index (χ0v) is 9.58. The maximum atomic E-state index is 12.8. The summed E-state index contributed by atoms with van der Waals surface area (Å²) in [4.78, 5) is 4.08. The Morgan fingerprint density at radius 2 is 2.21 bits per heavy atom. The van der Waals surface area contributed by atoms with Crippen molar-refractivity contribution < 1.29 is 8.81 Å². The van der Waals surface area contributed by atoms with E-state index in [2.05, 4.69) is 27.6 Å². The Morgan fingerprint density at radius 3 is 2.79 bits per heavy atom. The predicted octanol–water partition coefficient (Wildman–Crippen LogP) is 3.39. The Bertz CT molecular complexity index is 467. The molecule has 0 bridgehead atoms. The first-order valence-corrected chi connectivity index (χ1v) is 5.12. The molecule has 0 saturated heterocycles. The van der Waals surface area contributed by atoms with Crippen LogP contribution < -0.4 is 0 Å². The minimum absolute atomic E-state index is 0.249. The normalized spacial score (nSPS) is 10.5. The number of halogens is 2. The highest BCUT2D eigenvalue weighted by atomic mass is 127. The van der Waals surface area contributed by atoms with E-state index in [0.29, 0.717) is 5.89 Å². The maximum Gasteiger partial charge on any atom is 0.227 e. The van der Waals surface area contributed by atoms with E-state index in [9.17, 15) is 4.39 Å². The van der Waals surface area contributed by atoms with Crippen molar-refractivity contribution in [2.45, 2.75) is 6.92 Å². The van der Waals surface area contributed by atoms with Gasteiger partial charge >= 0.3 is 0 Å². The lowest BCUT2D eigenvalue weighted by molar-refractivity contribution is 0.542. The zero-order chi connectivity index (χ0) is 10.1. The van der Waals surface area contributed by atoms with Gasteiger partial charge in [0, 0.05) is 3.57 Å². The SMILES string of the molecule is Cc1cnc(-c2ccc(F)cc2I)o1. The van der Waals surface area contributed by atoms with E-state index in [4.69, 9.17) is 4.42 Å². The molecule has 1 aromatic carbocycles. The molecular weight excluding hydrogens is 296 g/mol. The summed E-state index contributed by atoms with van der Waals surface area (Å²) in [7, 11) is 0. The molecule has 2 rings (SSSR count). The molecule has 0 radical (unpaired) electrons. The molecule has 0 aliphatic carbocycles. The van der Waals surface area contributed by atoms with E-state index in [1.807, 2.05) is 6.92 Å². The number of rotatable bonds is 1.